The Morgan fingerprint density at radius 2 is 2.00 bits per heavy atom. The fourth-order valence-corrected chi connectivity index (χ4v) is 3.40. The molecule has 1 atom stereocenters. The van der Waals surface area contributed by atoms with Crippen LogP contribution in [0.15, 0.2) is 59.6 Å². The van der Waals surface area contributed by atoms with Gasteiger partial charge in [-0.2, -0.15) is 0 Å². The molecule has 3 rings (SSSR count). The first kappa shape index (κ1) is 17.4. The number of benzene rings is 2. The second kappa shape index (κ2) is 6.46. The molecule has 1 heterocycles. The van der Waals surface area contributed by atoms with Gasteiger partial charge >= 0.3 is 0 Å². The lowest BCUT2D eigenvalue weighted by Gasteiger charge is -2.22. The van der Waals surface area contributed by atoms with E-state index in [0.29, 0.717) is 15.7 Å². The summed E-state index contributed by atoms with van der Waals surface area (Å²) < 4.78 is 0.688. The van der Waals surface area contributed by atoms with Gasteiger partial charge in [0.05, 0.1) is 17.7 Å². The molecule has 0 aliphatic carbocycles. The summed E-state index contributed by atoms with van der Waals surface area (Å²) in [4.78, 5) is 26.8. The molecular formula is C19H16BrNO4. The Hall–Kier alpha value is -2.44. The molecule has 0 fully saturated rings. The van der Waals surface area contributed by atoms with Crippen LogP contribution in [-0.4, -0.2) is 28.4 Å². The summed E-state index contributed by atoms with van der Waals surface area (Å²) in [5.41, 5.74) is -1.01. The molecule has 0 saturated carbocycles. The fraction of sp³-hybridized carbons (Fsp3) is 0.158. The number of phenolic OH excluding ortho intramolecular Hbond substituents is 1. The minimum absolute atomic E-state index is 0.0717. The van der Waals surface area contributed by atoms with Crippen molar-refractivity contribution < 1.29 is 19.8 Å². The maximum absolute atomic E-state index is 12.8. The van der Waals surface area contributed by atoms with Crippen LogP contribution in [0.3, 0.4) is 0 Å². The number of halogens is 1. The van der Waals surface area contributed by atoms with Crippen LogP contribution in [0.25, 0.3) is 0 Å². The summed E-state index contributed by atoms with van der Waals surface area (Å²) in [6, 6.07) is 11.2. The van der Waals surface area contributed by atoms with Gasteiger partial charge in [-0.3, -0.25) is 9.59 Å². The maximum atomic E-state index is 12.8. The molecule has 0 spiro atoms. The molecule has 0 radical (unpaired) electrons. The van der Waals surface area contributed by atoms with Crippen molar-refractivity contribution in [2.75, 3.05) is 11.4 Å². The number of fused-ring (bicyclic) bond motifs is 1. The Bertz CT molecular complexity index is 879. The summed E-state index contributed by atoms with van der Waals surface area (Å²) in [5.74, 6) is -1.27. The highest BCUT2D eigenvalue weighted by Gasteiger charge is 2.50. The SMILES string of the molecule is C=CCN1C(=O)C(O)(CC(=O)c2ccccc2O)c2cc(Br)ccc21. The Labute approximate surface area is 153 Å². The zero-order valence-electron chi connectivity index (χ0n) is 13.3. The number of hydrogen-bond acceptors (Lipinski definition) is 4. The number of carbonyl (C=O) groups is 2. The molecule has 2 aromatic rings. The normalized spacial score (nSPS) is 19.0. The summed E-state index contributed by atoms with van der Waals surface area (Å²) >= 11 is 3.33. The topological polar surface area (TPSA) is 77.8 Å². The van der Waals surface area contributed by atoms with Crippen molar-refractivity contribution in [2.24, 2.45) is 0 Å². The van der Waals surface area contributed by atoms with E-state index in [1.165, 1.54) is 17.0 Å². The summed E-state index contributed by atoms with van der Waals surface area (Å²) in [7, 11) is 0. The van der Waals surface area contributed by atoms with E-state index in [1.54, 1.807) is 36.4 Å². The third-order valence-electron chi connectivity index (χ3n) is 4.23. The number of para-hydroxylation sites is 1. The van der Waals surface area contributed by atoms with Crippen molar-refractivity contribution in [1.82, 2.24) is 0 Å². The second-order valence-electron chi connectivity index (χ2n) is 5.84. The van der Waals surface area contributed by atoms with Crippen LogP contribution in [0, 0.1) is 0 Å². The number of carbonyl (C=O) groups excluding carboxylic acids is 2. The molecule has 0 saturated heterocycles. The van der Waals surface area contributed by atoms with Crippen molar-refractivity contribution in [3.63, 3.8) is 0 Å². The van der Waals surface area contributed by atoms with Crippen LogP contribution in [0.1, 0.15) is 22.3 Å². The molecule has 1 unspecified atom stereocenters. The molecule has 5 nitrogen and oxygen atoms in total. The van der Waals surface area contributed by atoms with Crippen LogP contribution in [0.5, 0.6) is 5.75 Å². The monoisotopic (exact) mass is 401 g/mol. The smallest absolute Gasteiger partial charge is 0.264 e. The van der Waals surface area contributed by atoms with Gasteiger partial charge in [0.25, 0.3) is 5.91 Å². The van der Waals surface area contributed by atoms with E-state index < -0.39 is 23.7 Å². The van der Waals surface area contributed by atoms with Gasteiger partial charge in [-0.15, -0.1) is 6.58 Å². The number of nitrogens with zero attached hydrogens (tertiary/aromatic N) is 1. The van der Waals surface area contributed by atoms with Crippen LogP contribution in [-0.2, 0) is 10.4 Å². The van der Waals surface area contributed by atoms with Crippen LogP contribution in [0.2, 0.25) is 0 Å². The Morgan fingerprint density at radius 1 is 1.28 bits per heavy atom. The van der Waals surface area contributed by atoms with E-state index >= 15 is 0 Å². The van der Waals surface area contributed by atoms with E-state index in [-0.39, 0.29) is 17.9 Å². The zero-order chi connectivity index (χ0) is 18.2. The first-order valence-corrected chi connectivity index (χ1v) is 8.44. The largest absolute Gasteiger partial charge is 0.507 e. The van der Waals surface area contributed by atoms with Crippen LogP contribution >= 0.6 is 15.9 Å². The number of rotatable bonds is 5. The number of Topliss-reactive ketones (excluding diaryl/α,β-unsaturated/α-hetero) is 1. The van der Waals surface area contributed by atoms with Crippen molar-refractivity contribution in [3.05, 3.63) is 70.7 Å². The van der Waals surface area contributed by atoms with Crippen LogP contribution in [0.4, 0.5) is 5.69 Å². The highest BCUT2D eigenvalue weighted by atomic mass is 79.9. The predicted molar refractivity (Wildman–Crippen MR) is 97.6 cm³/mol. The first-order valence-electron chi connectivity index (χ1n) is 7.65. The Morgan fingerprint density at radius 3 is 2.68 bits per heavy atom. The van der Waals surface area contributed by atoms with E-state index in [2.05, 4.69) is 22.5 Å². The van der Waals surface area contributed by atoms with Gasteiger partial charge in [0.2, 0.25) is 0 Å². The molecule has 1 amide bonds. The van der Waals surface area contributed by atoms with Gasteiger partial charge in [0.15, 0.2) is 11.4 Å². The number of ketones is 1. The van der Waals surface area contributed by atoms with E-state index in [4.69, 9.17) is 0 Å². The number of amides is 1. The average molecular weight is 402 g/mol. The number of anilines is 1. The lowest BCUT2D eigenvalue weighted by molar-refractivity contribution is -0.135. The lowest BCUT2D eigenvalue weighted by Crippen LogP contribution is -2.41. The maximum Gasteiger partial charge on any atom is 0.264 e. The third kappa shape index (κ3) is 2.88. The first-order chi connectivity index (χ1) is 11.9. The van der Waals surface area contributed by atoms with Crippen LogP contribution < -0.4 is 4.90 Å². The molecule has 25 heavy (non-hydrogen) atoms. The number of hydrogen-bond donors (Lipinski definition) is 2. The minimum atomic E-state index is -1.98. The molecule has 128 valence electrons. The number of phenols is 1. The molecular weight excluding hydrogens is 386 g/mol. The zero-order valence-corrected chi connectivity index (χ0v) is 14.9. The van der Waals surface area contributed by atoms with Gasteiger partial charge in [-0.25, -0.2) is 0 Å². The quantitative estimate of drug-likeness (QED) is 0.595. The molecule has 1 aliphatic rings. The highest BCUT2D eigenvalue weighted by molar-refractivity contribution is 9.10. The van der Waals surface area contributed by atoms with E-state index in [9.17, 15) is 19.8 Å². The molecule has 1 aliphatic heterocycles. The molecule has 6 heteroatoms. The Balaban J connectivity index is 2.04. The summed E-state index contributed by atoms with van der Waals surface area (Å²) in [5, 5.41) is 21.0. The van der Waals surface area contributed by atoms with Crippen molar-refractivity contribution in [3.8, 4) is 5.75 Å². The highest BCUT2D eigenvalue weighted by Crippen LogP contribution is 2.44. The van der Waals surface area contributed by atoms with Gasteiger partial charge in [0.1, 0.15) is 5.75 Å². The van der Waals surface area contributed by atoms with Gasteiger partial charge < -0.3 is 15.1 Å². The fourth-order valence-electron chi connectivity index (χ4n) is 3.04. The predicted octanol–water partition coefficient (Wildman–Crippen LogP) is 3.15. The standard InChI is InChI=1S/C19H16BrNO4/c1-2-9-21-15-8-7-12(20)10-14(15)19(25,18(21)24)11-17(23)13-5-3-4-6-16(13)22/h2-8,10,22,25H,1,9,11H2. The third-order valence-corrected chi connectivity index (χ3v) is 4.72. The Kier molecular flexibility index (Phi) is 4.49. The lowest BCUT2D eigenvalue weighted by atomic mass is 9.88. The second-order valence-corrected chi connectivity index (χ2v) is 6.76. The van der Waals surface area contributed by atoms with Crippen molar-refractivity contribution >= 4 is 33.3 Å². The summed E-state index contributed by atoms with van der Waals surface area (Å²) in [6.07, 6.45) is 1.10. The van der Waals surface area contributed by atoms with Gasteiger partial charge in [-0.1, -0.05) is 34.1 Å². The number of aromatic hydroxyl groups is 1. The van der Waals surface area contributed by atoms with E-state index in [0.717, 1.165) is 0 Å². The average Bonchev–Trinajstić information content (AvgIpc) is 2.77. The van der Waals surface area contributed by atoms with E-state index in [1.807, 2.05) is 0 Å². The number of aliphatic hydroxyl groups is 1. The van der Waals surface area contributed by atoms with Gasteiger partial charge in [0, 0.05) is 16.6 Å². The summed E-state index contributed by atoms with van der Waals surface area (Å²) in [6.45, 7) is 3.85. The van der Waals surface area contributed by atoms with Crippen molar-refractivity contribution in [1.29, 1.82) is 0 Å². The molecule has 0 aromatic heterocycles. The van der Waals surface area contributed by atoms with Gasteiger partial charge in [-0.05, 0) is 30.3 Å². The minimum Gasteiger partial charge on any atom is -0.507 e. The molecule has 2 N–H and O–H groups in total. The molecule has 0 bridgehead atoms. The molecule has 2 aromatic carbocycles. The van der Waals surface area contributed by atoms with Crippen molar-refractivity contribution in [2.45, 2.75) is 12.0 Å².